The lowest BCUT2D eigenvalue weighted by molar-refractivity contribution is 0.256. The summed E-state index contributed by atoms with van der Waals surface area (Å²) in [5.74, 6) is 1.98. The number of aromatic nitrogens is 2. The highest BCUT2D eigenvalue weighted by atomic mass is 32.2. The van der Waals surface area contributed by atoms with Crippen LogP contribution in [0.4, 0.5) is 0 Å². The van der Waals surface area contributed by atoms with Crippen LogP contribution in [0.2, 0.25) is 0 Å². The first kappa shape index (κ1) is 13.9. The number of rotatable bonds is 6. The SMILES string of the molecule is CCC(C)COc1ccc(-c2nnc(SC)o2)cc1. The summed E-state index contributed by atoms with van der Waals surface area (Å²) in [6.07, 6.45) is 3.03. The van der Waals surface area contributed by atoms with Crippen LogP contribution in [0.5, 0.6) is 5.75 Å². The van der Waals surface area contributed by atoms with Gasteiger partial charge in [-0.05, 0) is 36.4 Å². The quantitative estimate of drug-likeness (QED) is 0.750. The molecule has 2 aromatic rings. The largest absolute Gasteiger partial charge is 0.493 e. The maximum absolute atomic E-state index is 5.71. The molecule has 1 unspecified atom stereocenters. The molecule has 0 aliphatic rings. The van der Waals surface area contributed by atoms with Gasteiger partial charge in [0.25, 0.3) is 5.22 Å². The van der Waals surface area contributed by atoms with Crippen molar-refractivity contribution in [3.05, 3.63) is 24.3 Å². The Bertz CT molecular complexity index is 510. The molecule has 19 heavy (non-hydrogen) atoms. The van der Waals surface area contributed by atoms with Crippen LogP contribution in [-0.2, 0) is 0 Å². The van der Waals surface area contributed by atoms with E-state index in [0.29, 0.717) is 17.0 Å². The van der Waals surface area contributed by atoms with Crippen LogP contribution in [0, 0.1) is 5.92 Å². The minimum absolute atomic E-state index is 0.540. The van der Waals surface area contributed by atoms with Crippen molar-refractivity contribution in [1.29, 1.82) is 0 Å². The fourth-order valence-electron chi connectivity index (χ4n) is 1.46. The minimum Gasteiger partial charge on any atom is -0.493 e. The van der Waals surface area contributed by atoms with Gasteiger partial charge in [-0.2, -0.15) is 0 Å². The summed E-state index contributed by atoms with van der Waals surface area (Å²) in [6, 6.07) is 7.73. The second kappa shape index (κ2) is 6.61. The Morgan fingerprint density at radius 2 is 2.00 bits per heavy atom. The Morgan fingerprint density at radius 3 is 2.58 bits per heavy atom. The van der Waals surface area contributed by atoms with E-state index in [2.05, 4.69) is 24.0 Å². The van der Waals surface area contributed by atoms with E-state index < -0.39 is 0 Å². The molecular weight excluding hydrogens is 260 g/mol. The molecule has 1 aromatic heterocycles. The Labute approximate surface area is 117 Å². The highest BCUT2D eigenvalue weighted by molar-refractivity contribution is 7.98. The fourth-order valence-corrected chi connectivity index (χ4v) is 1.74. The molecule has 0 N–H and O–H groups in total. The van der Waals surface area contributed by atoms with E-state index in [1.54, 1.807) is 0 Å². The van der Waals surface area contributed by atoms with Crippen LogP contribution in [0.3, 0.4) is 0 Å². The highest BCUT2D eigenvalue weighted by Gasteiger charge is 2.08. The highest BCUT2D eigenvalue weighted by Crippen LogP contribution is 2.24. The van der Waals surface area contributed by atoms with Crippen LogP contribution in [-0.4, -0.2) is 23.1 Å². The van der Waals surface area contributed by atoms with Crippen LogP contribution < -0.4 is 4.74 Å². The van der Waals surface area contributed by atoms with E-state index in [0.717, 1.165) is 24.3 Å². The van der Waals surface area contributed by atoms with Crippen molar-refractivity contribution >= 4 is 11.8 Å². The molecule has 0 radical (unpaired) electrons. The lowest BCUT2D eigenvalue weighted by atomic mass is 10.1. The van der Waals surface area contributed by atoms with Gasteiger partial charge in [0.1, 0.15) is 5.75 Å². The normalized spacial score (nSPS) is 12.4. The molecule has 0 fully saturated rings. The average molecular weight is 278 g/mol. The van der Waals surface area contributed by atoms with E-state index >= 15 is 0 Å². The zero-order chi connectivity index (χ0) is 13.7. The number of benzene rings is 1. The molecule has 1 atom stereocenters. The van der Waals surface area contributed by atoms with Gasteiger partial charge in [-0.3, -0.25) is 0 Å². The second-order valence-electron chi connectivity index (χ2n) is 4.43. The number of hydrogen-bond donors (Lipinski definition) is 0. The average Bonchev–Trinajstić information content (AvgIpc) is 2.94. The predicted molar refractivity (Wildman–Crippen MR) is 76.5 cm³/mol. The Hall–Kier alpha value is -1.49. The third-order valence-corrected chi connectivity index (χ3v) is 3.43. The van der Waals surface area contributed by atoms with Crippen molar-refractivity contribution in [1.82, 2.24) is 10.2 Å². The second-order valence-corrected chi connectivity index (χ2v) is 5.18. The molecule has 0 aliphatic heterocycles. The van der Waals surface area contributed by atoms with Crippen molar-refractivity contribution in [2.75, 3.05) is 12.9 Å². The number of nitrogens with zero attached hydrogens (tertiary/aromatic N) is 2. The minimum atomic E-state index is 0.540. The topological polar surface area (TPSA) is 48.2 Å². The molecule has 1 aromatic carbocycles. The first-order valence-electron chi connectivity index (χ1n) is 6.33. The van der Waals surface area contributed by atoms with Crippen molar-refractivity contribution in [3.63, 3.8) is 0 Å². The number of thioether (sulfide) groups is 1. The molecule has 5 heteroatoms. The van der Waals surface area contributed by atoms with Crippen molar-refractivity contribution < 1.29 is 9.15 Å². The number of hydrogen-bond acceptors (Lipinski definition) is 5. The molecule has 0 saturated carbocycles. The van der Waals surface area contributed by atoms with E-state index in [9.17, 15) is 0 Å². The summed E-state index contributed by atoms with van der Waals surface area (Å²) < 4.78 is 11.2. The van der Waals surface area contributed by atoms with Gasteiger partial charge in [-0.1, -0.05) is 32.0 Å². The van der Waals surface area contributed by atoms with Crippen LogP contribution in [0.25, 0.3) is 11.5 Å². The maximum atomic E-state index is 5.71. The summed E-state index contributed by atoms with van der Waals surface area (Å²) in [6.45, 7) is 5.08. The van der Waals surface area contributed by atoms with Crippen molar-refractivity contribution in [2.24, 2.45) is 5.92 Å². The molecule has 1 heterocycles. The van der Waals surface area contributed by atoms with Gasteiger partial charge in [0.2, 0.25) is 5.89 Å². The number of ether oxygens (including phenoxy) is 1. The lowest BCUT2D eigenvalue weighted by Crippen LogP contribution is -2.06. The smallest absolute Gasteiger partial charge is 0.276 e. The molecule has 0 amide bonds. The van der Waals surface area contributed by atoms with Gasteiger partial charge in [-0.25, -0.2) is 0 Å². The van der Waals surface area contributed by atoms with Gasteiger partial charge >= 0.3 is 0 Å². The Balaban J connectivity index is 2.01. The standard InChI is InChI=1S/C14H18N2O2S/c1-4-10(2)9-17-12-7-5-11(6-8-12)13-15-16-14(18-13)19-3/h5-8,10H,4,9H2,1-3H3. The van der Waals surface area contributed by atoms with Crippen molar-refractivity contribution in [3.8, 4) is 17.2 Å². The molecule has 2 rings (SSSR count). The molecular formula is C14H18N2O2S. The van der Waals surface area contributed by atoms with Gasteiger partial charge in [0.15, 0.2) is 0 Å². The van der Waals surface area contributed by atoms with Crippen LogP contribution in [0.1, 0.15) is 20.3 Å². The van der Waals surface area contributed by atoms with E-state index in [1.165, 1.54) is 11.8 Å². The summed E-state index contributed by atoms with van der Waals surface area (Å²) in [7, 11) is 0. The zero-order valence-electron chi connectivity index (χ0n) is 11.4. The molecule has 102 valence electrons. The molecule has 4 nitrogen and oxygen atoms in total. The van der Waals surface area contributed by atoms with Gasteiger partial charge in [0.05, 0.1) is 6.61 Å². The summed E-state index contributed by atoms with van der Waals surface area (Å²) in [5, 5.41) is 8.49. The fraction of sp³-hybridized carbons (Fsp3) is 0.429. The first-order chi connectivity index (χ1) is 9.22. The van der Waals surface area contributed by atoms with E-state index in [-0.39, 0.29) is 0 Å². The molecule has 0 aliphatic carbocycles. The maximum Gasteiger partial charge on any atom is 0.276 e. The summed E-state index contributed by atoms with van der Waals surface area (Å²) >= 11 is 1.44. The Kier molecular flexibility index (Phi) is 4.85. The summed E-state index contributed by atoms with van der Waals surface area (Å²) in [4.78, 5) is 0. The van der Waals surface area contributed by atoms with E-state index in [4.69, 9.17) is 9.15 Å². The molecule has 0 saturated heterocycles. The van der Waals surface area contributed by atoms with Crippen LogP contribution >= 0.6 is 11.8 Å². The third-order valence-electron chi connectivity index (χ3n) is 2.91. The van der Waals surface area contributed by atoms with Crippen molar-refractivity contribution in [2.45, 2.75) is 25.5 Å². The molecule has 0 bridgehead atoms. The lowest BCUT2D eigenvalue weighted by Gasteiger charge is -2.10. The van der Waals surface area contributed by atoms with Crippen LogP contribution in [0.15, 0.2) is 33.9 Å². The first-order valence-corrected chi connectivity index (χ1v) is 7.56. The Morgan fingerprint density at radius 1 is 1.26 bits per heavy atom. The molecule has 0 spiro atoms. The van der Waals surface area contributed by atoms with Gasteiger partial charge in [-0.15, -0.1) is 10.2 Å². The summed E-state index contributed by atoms with van der Waals surface area (Å²) in [5.41, 5.74) is 0.906. The van der Waals surface area contributed by atoms with E-state index in [1.807, 2.05) is 30.5 Å². The predicted octanol–water partition coefficient (Wildman–Crippen LogP) is 3.88. The zero-order valence-corrected chi connectivity index (χ0v) is 12.2. The third kappa shape index (κ3) is 3.73. The van der Waals surface area contributed by atoms with Gasteiger partial charge in [0, 0.05) is 5.56 Å². The monoisotopic (exact) mass is 278 g/mol. The van der Waals surface area contributed by atoms with Gasteiger partial charge < -0.3 is 9.15 Å².